The quantitative estimate of drug-likeness (QED) is 0.447. The highest BCUT2D eigenvalue weighted by molar-refractivity contribution is 6.21. The Morgan fingerprint density at radius 1 is 1.07 bits per heavy atom. The summed E-state index contributed by atoms with van der Waals surface area (Å²) in [6.07, 6.45) is 4.05. The van der Waals surface area contributed by atoms with E-state index in [-0.39, 0.29) is 0 Å². The average Bonchev–Trinajstić information content (AvgIpc) is 3.24. The molecule has 0 fully saturated rings. The number of aromatic nitrogens is 3. The van der Waals surface area contributed by atoms with E-state index in [1.54, 1.807) is 35.0 Å². The van der Waals surface area contributed by atoms with Crippen molar-refractivity contribution in [3.63, 3.8) is 0 Å². The zero-order valence-corrected chi connectivity index (χ0v) is 17.1. The molecule has 29 heavy (non-hydrogen) atoms. The molecule has 3 aromatic rings. The average molecular weight is 397 g/mol. The van der Waals surface area contributed by atoms with Crippen molar-refractivity contribution < 1.29 is 23.7 Å². The number of aryl methyl sites for hydroxylation is 1. The third-order valence-corrected chi connectivity index (χ3v) is 4.45. The molecule has 152 valence electrons. The number of esters is 1. The molecule has 0 spiro atoms. The molecule has 3 rings (SSSR count). The maximum absolute atomic E-state index is 12.7. The van der Waals surface area contributed by atoms with Gasteiger partial charge >= 0.3 is 5.97 Å². The molecule has 2 aromatic heterocycles. The topological polar surface area (TPSA) is 84.2 Å². The van der Waals surface area contributed by atoms with Crippen molar-refractivity contribution in [1.29, 1.82) is 0 Å². The summed E-state index contributed by atoms with van der Waals surface area (Å²) in [5.74, 6) is 0.938. The first-order valence-corrected chi connectivity index (χ1v) is 9.00. The molecule has 8 nitrogen and oxygen atoms in total. The summed E-state index contributed by atoms with van der Waals surface area (Å²) in [4.78, 5) is 17.2. The first-order valence-electron chi connectivity index (χ1n) is 9.00. The van der Waals surface area contributed by atoms with Crippen molar-refractivity contribution in [2.45, 2.75) is 13.3 Å². The summed E-state index contributed by atoms with van der Waals surface area (Å²) in [6.45, 7) is 2.00. The van der Waals surface area contributed by atoms with Crippen molar-refractivity contribution in [1.82, 2.24) is 14.6 Å². The van der Waals surface area contributed by atoms with Gasteiger partial charge in [0.2, 0.25) is 5.75 Å². The molecule has 2 heterocycles. The lowest BCUT2D eigenvalue weighted by molar-refractivity contribution is -0.133. The third kappa shape index (κ3) is 3.87. The molecule has 0 N–H and O–H groups in total. The second kappa shape index (κ2) is 8.64. The fourth-order valence-electron chi connectivity index (χ4n) is 3.04. The molecule has 8 heteroatoms. The van der Waals surface area contributed by atoms with E-state index in [0.29, 0.717) is 46.1 Å². The van der Waals surface area contributed by atoms with Gasteiger partial charge in [-0.05, 0) is 36.3 Å². The van der Waals surface area contributed by atoms with Crippen LogP contribution >= 0.6 is 0 Å². The van der Waals surface area contributed by atoms with E-state index in [4.69, 9.17) is 18.9 Å². The van der Waals surface area contributed by atoms with Gasteiger partial charge in [0.1, 0.15) is 0 Å². The summed E-state index contributed by atoms with van der Waals surface area (Å²) in [7, 11) is 5.95. The number of carbonyl (C=O) groups excluding carboxylic acids is 1. The van der Waals surface area contributed by atoms with E-state index in [9.17, 15) is 4.79 Å². The molecule has 0 aliphatic rings. The molecule has 0 aliphatic heterocycles. The van der Waals surface area contributed by atoms with Crippen LogP contribution in [0.1, 0.15) is 23.9 Å². The van der Waals surface area contributed by atoms with Crippen LogP contribution in [0.25, 0.3) is 17.3 Å². The van der Waals surface area contributed by atoms with Gasteiger partial charge in [-0.15, -0.1) is 0 Å². The third-order valence-electron chi connectivity index (χ3n) is 4.45. The lowest BCUT2D eigenvalue weighted by atomic mass is 10.1. The minimum Gasteiger partial charge on any atom is -0.493 e. The highest BCUT2D eigenvalue weighted by atomic mass is 16.5. The number of ether oxygens (including phenoxy) is 4. The molecule has 0 atom stereocenters. The van der Waals surface area contributed by atoms with E-state index in [1.165, 1.54) is 28.4 Å². The SMILES string of the molecule is CCc1cc(C(=Cc2cc(OC)c(OC)c(OC)c2)C(=O)OC)n2nccc2n1. The second-order valence-corrected chi connectivity index (χ2v) is 6.10. The van der Waals surface area contributed by atoms with Gasteiger partial charge in [-0.1, -0.05) is 6.92 Å². The van der Waals surface area contributed by atoms with Gasteiger partial charge in [-0.2, -0.15) is 5.10 Å². The maximum atomic E-state index is 12.7. The summed E-state index contributed by atoms with van der Waals surface area (Å²) in [6, 6.07) is 7.14. The standard InChI is InChI=1S/C21H23N3O5/c1-6-14-12-16(24-19(23-14)7-8-22-24)15(21(25)29-5)9-13-10-17(26-2)20(28-4)18(11-13)27-3/h7-12H,6H2,1-5H3. The minimum absolute atomic E-state index is 0.326. The van der Waals surface area contributed by atoms with E-state index >= 15 is 0 Å². The van der Waals surface area contributed by atoms with Crippen molar-refractivity contribution in [2.24, 2.45) is 0 Å². The molecule has 0 amide bonds. The number of methoxy groups -OCH3 is 4. The van der Waals surface area contributed by atoms with Gasteiger partial charge in [-0.25, -0.2) is 14.3 Å². The molecular weight excluding hydrogens is 374 g/mol. The first-order chi connectivity index (χ1) is 14.1. The molecule has 0 aliphatic carbocycles. The number of hydrogen-bond donors (Lipinski definition) is 0. The molecule has 1 aromatic carbocycles. The summed E-state index contributed by atoms with van der Waals surface area (Å²) in [5.41, 5.74) is 3.08. The van der Waals surface area contributed by atoms with E-state index in [2.05, 4.69) is 10.1 Å². The van der Waals surface area contributed by atoms with Crippen LogP contribution in [-0.2, 0) is 16.0 Å². The highest BCUT2D eigenvalue weighted by Crippen LogP contribution is 2.39. The van der Waals surface area contributed by atoms with Gasteiger partial charge in [-0.3, -0.25) is 0 Å². The number of rotatable bonds is 7. The van der Waals surface area contributed by atoms with Crippen molar-refractivity contribution in [3.05, 3.63) is 47.4 Å². The number of nitrogens with zero attached hydrogens (tertiary/aromatic N) is 3. The lowest BCUT2D eigenvalue weighted by Gasteiger charge is -2.14. The Balaban J connectivity index is 2.25. The molecule has 0 bridgehead atoms. The van der Waals surface area contributed by atoms with Crippen LogP contribution in [0.3, 0.4) is 0 Å². The number of carbonyl (C=O) groups is 1. The minimum atomic E-state index is -0.496. The first kappa shape index (κ1) is 20.2. The highest BCUT2D eigenvalue weighted by Gasteiger charge is 2.20. The fourth-order valence-corrected chi connectivity index (χ4v) is 3.04. The summed E-state index contributed by atoms with van der Waals surface area (Å²) < 4.78 is 22.8. The zero-order valence-electron chi connectivity index (χ0n) is 17.1. The molecular formula is C21H23N3O5. The van der Waals surface area contributed by atoms with Gasteiger partial charge in [0.05, 0.1) is 45.9 Å². The predicted molar refractivity (Wildman–Crippen MR) is 108 cm³/mol. The Morgan fingerprint density at radius 2 is 1.76 bits per heavy atom. The monoisotopic (exact) mass is 397 g/mol. The Labute approximate surface area is 168 Å². The van der Waals surface area contributed by atoms with Crippen LogP contribution in [0.2, 0.25) is 0 Å². The largest absolute Gasteiger partial charge is 0.493 e. The second-order valence-electron chi connectivity index (χ2n) is 6.10. The Bertz CT molecular complexity index is 1050. The predicted octanol–water partition coefficient (Wildman–Crippen LogP) is 3.03. The fraction of sp³-hybridized carbons (Fsp3) is 0.286. The lowest BCUT2D eigenvalue weighted by Crippen LogP contribution is -2.10. The zero-order chi connectivity index (χ0) is 21.0. The summed E-state index contributed by atoms with van der Waals surface area (Å²) >= 11 is 0. The van der Waals surface area contributed by atoms with Crippen molar-refractivity contribution >= 4 is 23.3 Å². The molecule has 0 unspecified atom stereocenters. The van der Waals surface area contributed by atoms with Crippen LogP contribution in [-0.4, -0.2) is 49.0 Å². The molecule has 0 saturated heterocycles. The van der Waals surface area contributed by atoms with Crippen molar-refractivity contribution in [2.75, 3.05) is 28.4 Å². The number of fused-ring (bicyclic) bond motifs is 1. The molecule has 0 radical (unpaired) electrons. The van der Waals surface area contributed by atoms with Gasteiger partial charge in [0.25, 0.3) is 0 Å². The van der Waals surface area contributed by atoms with E-state index in [0.717, 1.165) is 5.69 Å². The van der Waals surface area contributed by atoms with Gasteiger partial charge < -0.3 is 18.9 Å². The number of benzene rings is 1. The molecule has 0 saturated carbocycles. The normalized spacial score (nSPS) is 11.4. The van der Waals surface area contributed by atoms with Gasteiger partial charge in [0.15, 0.2) is 17.1 Å². The van der Waals surface area contributed by atoms with E-state index < -0.39 is 5.97 Å². The smallest absolute Gasteiger partial charge is 0.340 e. The van der Waals surface area contributed by atoms with Crippen LogP contribution < -0.4 is 14.2 Å². The Morgan fingerprint density at radius 3 is 2.31 bits per heavy atom. The van der Waals surface area contributed by atoms with Crippen LogP contribution in [0.4, 0.5) is 0 Å². The number of hydrogen-bond acceptors (Lipinski definition) is 7. The Hall–Kier alpha value is -3.55. The maximum Gasteiger partial charge on any atom is 0.340 e. The van der Waals surface area contributed by atoms with Crippen molar-refractivity contribution in [3.8, 4) is 17.2 Å². The van der Waals surface area contributed by atoms with Crippen LogP contribution in [0.15, 0.2) is 30.5 Å². The van der Waals surface area contributed by atoms with Gasteiger partial charge in [0, 0.05) is 11.8 Å². The van der Waals surface area contributed by atoms with Crippen LogP contribution in [0.5, 0.6) is 17.2 Å². The van der Waals surface area contributed by atoms with E-state index in [1.807, 2.05) is 13.0 Å². The Kier molecular flexibility index (Phi) is 6.01. The summed E-state index contributed by atoms with van der Waals surface area (Å²) in [5, 5.41) is 4.30. The van der Waals surface area contributed by atoms with Crippen LogP contribution in [0, 0.1) is 0 Å².